The Morgan fingerprint density at radius 2 is 1.97 bits per heavy atom. The van der Waals surface area contributed by atoms with Crippen LogP contribution in [0.1, 0.15) is 5.56 Å². The molecule has 3 heterocycles. The second-order valence-electron chi connectivity index (χ2n) is 6.94. The van der Waals surface area contributed by atoms with Crippen LogP contribution in [0.15, 0.2) is 66.2 Å². The van der Waals surface area contributed by atoms with Gasteiger partial charge in [0, 0.05) is 27.2 Å². The molecule has 5 nitrogen and oxygen atoms in total. The highest BCUT2D eigenvalue weighted by molar-refractivity contribution is 7.13. The number of hydrogen-bond acceptors (Lipinski definition) is 5. The average Bonchev–Trinajstić information content (AvgIpc) is 3.28. The van der Waals surface area contributed by atoms with Gasteiger partial charge in [-0.25, -0.2) is 4.98 Å². The number of halogens is 2. The normalized spacial score (nSPS) is 13.1. The highest BCUT2D eigenvalue weighted by Gasteiger charge is 2.27. The van der Waals surface area contributed by atoms with Crippen molar-refractivity contribution in [2.45, 2.75) is 6.54 Å². The van der Waals surface area contributed by atoms with Gasteiger partial charge in [0.15, 0.2) is 6.61 Å². The summed E-state index contributed by atoms with van der Waals surface area (Å²) in [6.45, 7) is 0.309. The molecule has 8 heteroatoms. The fourth-order valence-electron chi connectivity index (χ4n) is 3.37. The van der Waals surface area contributed by atoms with E-state index < -0.39 is 0 Å². The van der Waals surface area contributed by atoms with Gasteiger partial charge in [0.05, 0.1) is 23.6 Å². The number of aromatic nitrogens is 2. The first kappa shape index (κ1) is 20.0. The van der Waals surface area contributed by atoms with E-state index in [-0.39, 0.29) is 12.5 Å². The zero-order chi connectivity index (χ0) is 21.4. The van der Waals surface area contributed by atoms with Gasteiger partial charge in [-0.15, -0.1) is 11.3 Å². The number of carbonyl (C=O) groups is 1. The maximum atomic E-state index is 12.7. The largest absolute Gasteiger partial charge is 0.482 e. The SMILES string of the molecule is O=C1COc2ccc(-c3csc(-c4ccccn4)n3)cc2N1Cc1ccc(Cl)cc1Cl. The van der Waals surface area contributed by atoms with Crippen LogP contribution in [0.3, 0.4) is 0 Å². The van der Waals surface area contributed by atoms with Gasteiger partial charge in [0.1, 0.15) is 10.8 Å². The molecular weight excluding hydrogens is 453 g/mol. The van der Waals surface area contributed by atoms with E-state index in [1.165, 1.54) is 11.3 Å². The molecule has 0 atom stereocenters. The minimum Gasteiger partial charge on any atom is -0.482 e. The topological polar surface area (TPSA) is 55.3 Å². The minimum absolute atomic E-state index is 0.0158. The molecule has 4 aromatic rings. The second kappa shape index (κ2) is 8.30. The Balaban J connectivity index is 1.50. The number of hydrogen-bond donors (Lipinski definition) is 0. The lowest BCUT2D eigenvalue weighted by atomic mass is 10.1. The van der Waals surface area contributed by atoms with Crippen LogP contribution in [0.2, 0.25) is 10.0 Å². The summed E-state index contributed by atoms with van der Waals surface area (Å²) in [6, 6.07) is 16.7. The van der Waals surface area contributed by atoms with E-state index in [9.17, 15) is 4.79 Å². The lowest BCUT2D eigenvalue weighted by molar-refractivity contribution is -0.121. The van der Waals surface area contributed by atoms with Crippen LogP contribution >= 0.6 is 34.5 Å². The van der Waals surface area contributed by atoms with Crippen molar-refractivity contribution in [2.75, 3.05) is 11.5 Å². The Morgan fingerprint density at radius 1 is 1.06 bits per heavy atom. The first-order valence-corrected chi connectivity index (χ1v) is 11.1. The van der Waals surface area contributed by atoms with Gasteiger partial charge in [-0.3, -0.25) is 9.78 Å². The molecule has 0 bridgehead atoms. The van der Waals surface area contributed by atoms with Gasteiger partial charge in [0.25, 0.3) is 5.91 Å². The maximum Gasteiger partial charge on any atom is 0.265 e. The molecule has 1 aliphatic heterocycles. The third-order valence-electron chi connectivity index (χ3n) is 4.93. The van der Waals surface area contributed by atoms with Crippen molar-refractivity contribution in [3.8, 4) is 27.7 Å². The molecule has 1 aliphatic rings. The Labute approximate surface area is 192 Å². The molecule has 1 amide bonds. The van der Waals surface area contributed by atoms with Gasteiger partial charge in [-0.2, -0.15) is 0 Å². The molecular formula is C23H15Cl2N3O2S. The number of benzene rings is 2. The van der Waals surface area contributed by atoms with E-state index in [1.54, 1.807) is 23.2 Å². The summed E-state index contributed by atoms with van der Waals surface area (Å²) in [7, 11) is 0. The molecule has 2 aromatic carbocycles. The van der Waals surface area contributed by atoms with Crippen molar-refractivity contribution in [2.24, 2.45) is 0 Å². The molecule has 0 aliphatic carbocycles. The van der Waals surface area contributed by atoms with Crippen LogP contribution in [-0.2, 0) is 11.3 Å². The molecule has 154 valence electrons. The highest BCUT2D eigenvalue weighted by Crippen LogP contribution is 2.38. The van der Waals surface area contributed by atoms with E-state index in [0.717, 1.165) is 27.5 Å². The molecule has 0 radical (unpaired) electrons. The molecule has 5 rings (SSSR count). The van der Waals surface area contributed by atoms with Crippen LogP contribution < -0.4 is 9.64 Å². The average molecular weight is 468 g/mol. The smallest absolute Gasteiger partial charge is 0.265 e. The van der Waals surface area contributed by atoms with Crippen molar-refractivity contribution >= 4 is 46.1 Å². The standard InChI is InChI=1S/C23H15Cl2N3O2S/c24-16-6-4-15(17(25)10-16)11-28-20-9-14(5-7-21(20)30-12-22(28)29)19-13-31-23(27-19)18-3-1-2-8-26-18/h1-10,13H,11-12H2. The van der Waals surface area contributed by atoms with Gasteiger partial charge in [0.2, 0.25) is 0 Å². The number of amides is 1. The van der Waals surface area contributed by atoms with Crippen LogP contribution in [0, 0.1) is 0 Å². The number of rotatable bonds is 4. The quantitative estimate of drug-likeness (QED) is 0.363. The lowest BCUT2D eigenvalue weighted by Crippen LogP contribution is -2.38. The molecule has 0 saturated carbocycles. The van der Waals surface area contributed by atoms with Gasteiger partial charge >= 0.3 is 0 Å². The predicted molar refractivity (Wildman–Crippen MR) is 124 cm³/mol. The molecule has 0 N–H and O–H groups in total. The summed E-state index contributed by atoms with van der Waals surface area (Å²) in [5, 5.41) is 3.89. The minimum atomic E-state index is -0.136. The molecule has 0 saturated heterocycles. The van der Waals surface area contributed by atoms with E-state index in [2.05, 4.69) is 4.98 Å². The van der Waals surface area contributed by atoms with E-state index in [1.807, 2.05) is 47.8 Å². The first-order chi connectivity index (χ1) is 15.1. The third kappa shape index (κ3) is 4.02. The third-order valence-corrected chi connectivity index (χ3v) is 6.38. The number of carbonyl (C=O) groups excluding carboxylic acids is 1. The van der Waals surface area contributed by atoms with E-state index in [4.69, 9.17) is 32.9 Å². The van der Waals surface area contributed by atoms with Crippen molar-refractivity contribution in [3.05, 3.63) is 81.8 Å². The van der Waals surface area contributed by atoms with Crippen molar-refractivity contribution in [1.29, 1.82) is 0 Å². The fraction of sp³-hybridized carbons (Fsp3) is 0.0870. The lowest BCUT2D eigenvalue weighted by Gasteiger charge is -2.30. The monoisotopic (exact) mass is 467 g/mol. The zero-order valence-corrected chi connectivity index (χ0v) is 18.4. The van der Waals surface area contributed by atoms with Crippen LogP contribution in [0.25, 0.3) is 22.0 Å². The summed E-state index contributed by atoms with van der Waals surface area (Å²) in [6.07, 6.45) is 1.75. The number of ether oxygens (including phenoxy) is 1. The van der Waals surface area contributed by atoms with Crippen LogP contribution in [-0.4, -0.2) is 22.5 Å². The van der Waals surface area contributed by atoms with Gasteiger partial charge in [-0.05, 0) is 48.0 Å². The molecule has 0 fully saturated rings. The van der Waals surface area contributed by atoms with Gasteiger partial charge in [-0.1, -0.05) is 35.3 Å². The summed E-state index contributed by atoms with van der Waals surface area (Å²) in [5.41, 5.74) is 4.03. The summed E-state index contributed by atoms with van der Waals surface area (Å²) in [4.78, 5) is 23.5. The maximum absolute atomic E-state index is 12.7. The Morgan fingerprint density at radius 3 is 2.77 bits per heavy atom. The first-order valence-electron chi connectivity index (χ1n) is 9.47. The number of fused-ring (bicyclic) bond motifs is 1. The fourth-order valence-corrected chi connectivity index (χ4v) is 4.64. The van der Waals surface area contributed by atoms with E-state index in [0.29, 0.717) is 28.0 Å². The number of anilines is 1. The number of nitrogens with zero attached hydrogens (tertiary/aromatic N) is 3. The Bertz CT molecular complexity index is 1280. The van der Waals surface area contributed by atoms with Crippen molar-refractivity contribution in [1.82, 2.24) is 9.97 Å². The molecule has 0 unspecified atom stereocenters. The number of pyridine rings is 1. The summed E-state index contributed by atoms with van der Waals surface area (Å²) in [5.74, 6) is 0.511. The zero-order valence-electron chi connectivity index (χ0n) is 16.1. The summed E-state index contributed by atoms with van der Waals surface area (Å²) >= 11 is 13.9. The Kier molecular flexibility index (Phi) is 5.36. The number of thiazole rings is 1. The van der Waals surface area contributed by atoms with Crippen molar-refractivity contribution in [3.63, 3.8) is 0 Å². The van der Waals surface area contributed by atoms with Crippen molar-refractivity contribution < 1.29 is 9.53 Å². The Hall–Kier alpha value is -2.93. The molecule has 0 spiro atoms. The summed E-state index contributed by atoms with van der Waals surface area (Å²) < 4.78 is 5.65. The van der Waals surface area contributed by atoms with Gasteiger partial charge < -0.3 is 9.64 Å². The highest BCUT2D eigenvalue weighted by atomic mass is 35.5. The van der Waals surface area contributed by atoms with Crippen LogP contribution in [0.4, 0.5) is 5.69 Å². The second-order valence-corrected chi connectivity index (χ2v) is 8.64. The van der Waals surface area contributed by atoms with E-state index >= 15 is 0 Å². The molecule has 31 heavy (non-hydrogen) atoms. The van der Waals surface area contributed by atoms with Crippen LogP contribution in [0.5, 0.6) is 5.75 Å². The predicted octanol–water partition coefficient (Wildman–Crippen LogP) is 6.10. The molecule has 2 aromatic heterocycles.